The molecule has 0 aliphatic heterocycles. The van der Waals surface area contributed by atoms with Crippen molar-refractivity contribution < 1.29 is 14.3 Å². The van der Waals surface area contributed by atoms with Gasteiger partial charge in [-0.3, -0.25) is 0 Å². The third-order valence-corrected chi connectivity index (χ3v) is 4.52. The lowest BCUT2D eigenvalue weighted by Crippen LogP contribution is -2.16. The molecule has 0 spiro atoms. The van der Waals surface area contributed by atoms with E-state index in [0.29, 0.717) is 0 Å². The maximum Gasteiger partial charge on any atom is 0.332 e. The van der Waals surface area contributed by atoms with Crippen LogP contribution in [0.3, 0.4) is 0 Å². The summed E-state index contributed by atoms with van der Waals surface area (Å²) in [6.07, 6.45) is -0.490. The number of carbonyl (C=O) groups is 1. The number of rotatable bonds is 8. The second-order valence-electron chi connectivity index (χ2n) is 7.06. The molecule has 2 rings (SSSR count). The fourth-order valence-corrected chi connectivity index (χ4v) is 2.68. The zero-order valence-corrected chi connectivity index (χ0v) is 18.3. The fraction of sp³-hybridized carbons (Fsp3) is 0.409. The van der Waals surface area contributed by atoms with Gasteiger partial charge in [0.25, 0.3) is 0 Å². The van der Waals surface area contributed by atoms with Crippen molar-refractivity contribution in [1.29, 1.82) is 0 Å². The van der Waals surface area contributed by atoms with Crippen LogP contribution in [0.2, 0.25) is 0 Å². The lowest BCUT2D eigenvalue weighted by Gasteiger charge is -2.18. The van der Waals surface area contributed by atoms with Crippen LogP contribution in [0.4, 0.5) is 11.4 Å². The molecule has 6 heteroatoms. The molecule has 0 heterocycles. The normalized spacial score (nSPS) is 12.5. The number of ether oxygens (including phenoxy) is 2. The van der Waals surface area contributed by atoms with E-state index in [9.17, 15) is 4.79 Å². The van der Waals surface area contributed by atoms with Crippen molar-refractivity contribution in [3.63, 3.8) is 0 Å². The summed E-state index contributed by atoms with van der Waals surface area (Å²) >= 11 is 0. The van der Waals surface area contributed by atoms with E-state index in [1.54, 1.807) is 0 Å². The molecule has 0 aliphatic rings. The summed E-state index contributed by atoms with van der Waals surface area (Å²) in [5, 5.41) is 0. The Bertz CT molecular complexity index is 730. The number of hydrogen-bond donors (Lipinski definition) is 0. The molecule has 0 amide bonds. The van der Waals surface area contributed by atoms with Gasteiger partial charge in [-0.15, -0.1) is 12.4 Å². The molecule has 28 heavy (non-hydrogen) atoms. The van der Waals surface area contributed by atoms with Gasteiger partial charge in [-0.2, -0.15) is 0 Å². The Morgan fingerprint density at radius 2 is 1.18 bits per heavy atom. The Morgan fingerprint density at radius 3 is 1.57 bits per heavy atom. The number of hydrogen-bond acceptors (Lipinski definition) is 5. The van der Waals surface area contributed by atoms with E-state index < -0.39 is 0 Å². The van der Waals surface area contributed by atoms with Gasteiger partial charge in [-0.25, -0.2) is 4.79 Å². The van der Waals surface area contributed by atoms with Crippen LogP contribution in [0, 0.1) is 0 Å². The Labute approximate surface area is 174 Å². The van der Waals surface area contributed by atoms with Gasteiger partial charge in [0, 0.05) is 39.6 Å². The van der Waals surface area contributed by atoms with Crippen molar-refractivity contribution in [3.8, 4) is 0 Å². The molecule has 0 N–H and O–H groups in total. The lowest BCUT2D eigenvalue weighted by atomic mass is 10.1. The van der Waals surface area contributed by atoms with Crippen molar-refractivity contribution in [2.75, 3.05) is 44.6 Å². The van der Waals surface area contributed by atoms with Gasteiger partial charge in [0.1, 0.15) is 12.7 Å². The van der Waals surface area contributed by atoms with Crippen LogP contribution in [-0.2, 0) is 14.3 Å². The third kappa shape index (κ3) is 6.73. The molecule has 2 aromatic carbocycles. The number of benzene rings is 2. The lowest BCUT2D eigenvalue weighted by molar-refractivity contribution is -0.155. The third-order valence-electron chi connectivity index (χ3n) is 4.52. The zero-order chi connectivity index (χ0) is 20.0. The predicted octanol–water partition coefficient (Wildman–Crippen LogP) is 4.62. The van der Waals surface area contributed by atoms with Crippen molar-refractivity contribution >= 4 is 29.8 Å². The molecule has 0 radical (unpaired) electrons. The molecule has 0 bridgehead atoms. The summed E-state index contributed by atoms with van der Waals surface area (Å²) in [5.74, 6) is -0.365. The summed E-state index contributed by atoms with van der Waals surface area (Å²) in [6.45, 7) is 3.73. The van der Waals surface area contributed by atoms with E-state index in [4.69, 9.17) is 9.47 Å². The highest BCUT2D eigenvalue weighted by Crippen LogP contribution is 2.22. The zero-order valence-electron chi connectivity index (χ0n) is 17.5. The van der Waals surface area contributed by atoms with E-state index in [1.807, 2.05) is 100 Å². The quantitative estimate of drug-likeness (QED) is 0.598. The van der Waals surface area contributed by atoms with Gasteiger partial charge >= 0.3 is 5.97 Å². The minimum atomic E-state index is -0.365. The highest BCUT2D eigenvalue weighted by Gasteiger charge is 2.14. The van der Waals surface area contributed by atoms with E-state index in [0.717, 1.165) is 22.5 Å². The minimum absolute atomic E-state index is 0. The minimum Gasteiger partial charge on any atom is -0.456 e. The van der Waals surface area contributed by atoms with E-state index in [-0.39, 0.29) is 37.2 Å². The highest BCUT2D eigenvalue weighted by atomic mass is 35.5. The van der Waals surface area contributed by atoms with Crippen LogP contribution >= 0.6 is 12.4 Å². The Hall–Kier alpha value is -2.24. The Morgan fingerprint density at radius 1 is 0.786 bits per heavy atom. The number of nitrogens with zero attached hydrogens (tertiary/aromatic N) is 2. The van der Waals surface area contributed by atoms with Gasteiger partial charge in [0.05, 0.1) is 6.10 Å². The molecule has 0 aromatic heterocycles. The first-order valence-corrected chi connectivity index (χ1v) is 9.13. The molecule has 0 fully saturated rings. The topological polar surface area (TPSA) is 42.0 Å². The highest BCUT2D eigenvalue weighted by molar-refractivity contribution is 5.85. The molecule has 2 aromatic rings. The maximum absolute atomic E-state index is 12.1. The largest absolute Gasteiger partial charge is 0.456 e. The summed E-state index contributed by atoms with van der Waals surface area (Å²) in [6, 6.07) is 16.1. The van der Waals surface area contributed by atoms with Gasteiger partial charge < -0.3 is 19.3 Å². The number of anilines is 2. The van der Waals surface area contributed by atoms with Gasteiger partial charge in [-0.05, 0) is 49.2 Å². The second-order valence-corrected chi connectivity index (χ2v) is 7.06. The SMILES string of the molecule is CC(OCC(=O)OC(C)c1ccc(N(C)C)cc1)c1ccc(N(C)C)cc1.Cl. The molecule has 0 saturated heterocycles. The summed E-state index contributed by atoms with van der Waals surface area (Å²) in [7, 11) is 7.98. The van der Waals surface area contributed by atoms with Crippen LogP contribution in [-0.4, -0.2) is 40.8 Å². The molecule has 154 valence electrons. The number of halogens is 1. The molecular weight excluding hydrogens is 376 g/mol. The van der Waals surface area contributed by atoms with Crippen LogP contribution in [0.15, 0.2) is 48.5 Å². The van der Waals surface area contributed by atoms with Crippen molar-refractivity contribution in [2.24, 2.45) is 0 Å². The number of esters is 1. The van der Waals surface area contributed by atoms with Gasteiger partial charge in [0.15, 0.2) is 0 Å². The number of carbonyl (C=O) groups excluding carboxylic acids is 1. The van der Waals surface area contributed by atoms with E-state index >= 15 is 0 Å². The van der Waals surface area contributed by atoms with Crippen LogP contribution in [0.1, 0.15) is 37.2 Å². The van der Waals surface area contributed by atoms with E-state index in [2.05, 4.69) is 0 Å². The molecule has 0 saturated carbocycles. The van der Waals surface area contributed by atoms with Crippen LogP contribution in [0.25, 0.3) is 0 Å². The fourth-order valence-electron chi connectivity index (χ4n) is 2.68. The molecule has 2 atom stereocenters. The van der Waals surface area contributed by atoms with Gasteiger partial charge in [0.2, 0.25) is 0 Å². The van der Waals surface area contributed by atoms with E-state index in [1.165, 1.54) is 0 Å². The molecule has 0 aliphatic carbocycles. The average Bonchev–Trinajstić information content (AvgIpc) is 2.66. The first-order valence-electron chi connectivity index (χ1n) is 9.13. The molecule has 5 nitrogen and oxygen atoms in total. The second kappa shape index (κ2) is 10.9. The summed E-state index contributed by atoms with van der Waals surface area (Å²) in [5.41, 5.74) is 4.22. The van der Waals surface area contributed by atoms with Crippen LogP contribution < -0.4 is 9.80 Å². The summed E-state index contributed by atoms with van der Waals surface area (Å²) < 4.78 is 11.2. The van der Waals surface area contributed by atoms with Crippen molar-refractivity contribution in [2.45, 2.75) is 26.1 Å². The maximum atomic E-state index is 12.1. The first kappa shape index (κ1) is 23.8. The van der Waals surface area contributed by atoms with Crippen LogP contribution in [0.5, 0.6) is 0 Å². The Balaban J connectivity index is 0.00000392. The van der Waals surface area contributed by atoms with Gasteiger partial charge in [-0.1, -0.05) is 24.3 Å². The Kier molecular flexibility index (Phi) is 9.29. The predicted molar refractivity (Wildman–Crippen MR) is 118 cm³/mol. The first-order chi connectivity index (χ1) is 12.8. The van der Waals surface area contributed by atoms with Crippen molar-refractivity contribution in [3.05, 3.63) is 59.7 Å². The molecule has 2 unspecified atom stereocenters. The average molecular weight is 407 g/mol. The van der Waals surface area contributed by atoms with Crippen molar-refractivity contribution in [1.82, 2.24) is 0 Å². The smallest absolute Gasteiger partial charge is 0.332 e. The monoisotopic (exact) mass is 406 g/mol. The standard InChI is InChI=1S/C22H30N2O3.ClH/c1-16(18-7-11-20(12-8-18)23(3)4)26-15-22(25)27-17(2)19-9-13-21(14-10-19)24(5)6;/h7-14,16-17H,15H2,1-6H3;1H. The molecular formula is C22H31ClN2O3. The summed E-state index contributed by atoms with van der Waals surface area (Å²) in [4.78, 5) is 16.2.